The number of amides is 1. The summed E-state index contributed by atoms with van der Waals surface area (Å²) < 4.78 is 10.0. The molecule has 0 aliphatic carbocycles. The molecule has 10 nitrogen and oxygen atoms in total. The second-order valence-electron chi connectivity index (χ2n) is 8.72. The molecular formula is C24H24N8O2. The lowest BCUT2D eigenvalue weighted by Crippen LogP contribution is -2.37. The molecule has 5 aromatic rings. The topological polar surface area (TPSA) is 121 Å². The molecule has 1 saturated heterocycles. The number of fused-ring (bicyclic) bond motifs is 2. The number of nitrogen functional groups attached to an aromatic ring is 1. The first-order chi connectivity index (χ1) is 16.5. The highest BCUT2D eigenvalue weighted by Gasteiger charge is 2.24. The summed E-state index contributed by atoms with van der Waals surface area (Å²) in [5.74, 6) is 1.13. The summed E-state index contributed by atoms with van der Waals surface area (Å²) in [5, 5.41) is 11.0. The summed E-state index contributed by atoms with van der Waals surface area (Å²) in [5.41, 5.74) is 10.2. The lowest BCUT2D eigenvalue weighted by molar-refractivity contribution is -0.130. The number of hydrogen-bond donors (Lipinski definition) is 1. The monoisotopic (exact) mass is 456 g/mol. The minimum absolute atomic E-state index is 0.128. The smallest absolute Gasteiger partial charge is 0.219 e. The fourth-order valence-electron chi connectivity index (χ4n) is 4.86. The van der Waals surface area contributed by atoms with E-state index >= 15 is 0 Å². The number of piperidine rings is 1. The molecule has 0 unspecified atom stereocenters. The average Bonchev–Trinajstić information content (AvgIpc) is 3.56. The summed E-state index contributed by atoms with van der Waals surface area (Å²) in [7, 11) is 1.88. The maximum Gasteiger partial charge on any atom is 0.219 e. The highest BCUT2D eigenvalue weighted by atomic mass is 16.3. The van der Waals surface area contributed by atoms with Gasteiger partial charge in [0.1, 0.15) is 11.2 Å². The molecule has 6 heterocycles. The largest absolute Gasteiger partial charge is 0.451 e. The van der Waals surface area contributed by atoms with Gasteiger partial charge in [-0.1, -0.05) is 0 Å². The standard InChI is InChI=1S/C24H24N8O2/c1-14(33)31-7-4-16(5-8-31)32-13-15(10-28-32)19-11-27-24(25)23-18(19)9-21(34-23)22-17-3-6-26-12-20(17)29-30(22)2/h3,6,9-13,16H,4-5,7-8H2,1-2H3,(H2,25,27). The van der Waals surface area contributed by atoms with E-state index in [2.05, 4.69) is 20.2 Å². The molecule has 1 aliphatic heterocycles. The number of furan rings is 1. The normalized spacial score (nSPS) is 14.9. The van der Waals surface area contributed by atoms with Crippen LogP contribution in [0.3, 0.4) is 0 Å². The number of aryl methyl sites for hydroxylation is 1. The molecule has 0 bridgehead atoms. The predicted octanol–water partition coefficient (Wildman–Crippen LogP) is 3.41. The second kappa shape index (κ2) is 7.68. The third kappa shape index (κ3) is 3.21. The Hall–Kier alpha value is -4.21. The minimum atomic E-state index is 0.128. The zero-order chi connectivity index (χ0) is 23.4. The van der Waals surface area contributed by atoms with Crippen molar-refractivity contribution in [2.75, 3.05) is 18.8 Å². The van der Waals surface area contributed by atoms with E-state index in [-0.39, 0.29) is 11.9 Å². The molecule has 6 rings (SSSR count). The Balaban J connectivity index is 1.39. The number of nitrogens with two attached hydrogens (primary N) is 1. The van der Waals surface area contributed by atoms with Gasteiger partial charge in [0.2, 0.25) is 5.91 Å². The van der Waals surface area contributed by atoms with Gasteiger partial charge in [0.05, 0.1) is 18.4 Å². The van der Waals surface area contributed by atoms with E-state index in [1.54, 1.807) is 30.2 Å². The van der Waals surface area contributed by atoms with Crippen LogP contribution in [0.15, 0.2) is 47.5 Å². The van der Waals surface area contributed by atoms with Gasteiger partial charge in [-0.2, -0.15) is 10.2 Å². The molecule has 0 atom stereocenters. The molecule has 0 spiro atoms. The highest BCUT2D eigenvalue weighted by molar-refractivity contribution is 6.02. The third-order valence-electron chi connectivity index (χ3n) is 6.65. The second-order valence-corrected chi connectivity index (χ2v) is 8.72. The van der Waals surface area contributed by atoms with Gasteiger partial charge in [0.15, 0.2) is 17.2 Å². The summed E-state index contributed by atoms with van der Waals surface area (Å²) in [6.45, 7) is 3.13. The number of anilines is 1. The van der Waals surface area contributed by atoms with Crippen molar-refractivity contribution in [3.63, 3.8) is 0 Å². The molecule has 1 fully saturated rings. The van der Waals surface area contributed by atoms with E-state index in [0.29, 0.717) is 17.2 Å². The molecule has 10 heteroatoms. The van der Waals surface area contributed by atoms with Crippen molar-refractivity contribution in [3.05, 3.63) is 43.1 Å². The van der Waals surface area contributed by atoms with Gasteiger partial charge < -0.3 is 15.1 Å². The Morgan fingerprint density at radius 2 is 2.00 bits per heavy atom. The Bertz CT molecular complexity index is 1540. The van der Waals surface area contributed by atoms with Gasteiger partial charge in [0, 0.05) is 67.6 Å². The molecule has 1 amide bonds. The van der Waals surface area contributed by atoms with Crippen LogP contribution in [0.5, 0.6) is 0 Å². The summed E-state index contributed by atoms with van der Waals surface area (Å²) >= 11 is 0. The first-order valence-electron chi connectivity index (χ1n) is 11.2. The molecule has 5 aromatic heterocycles. The molecule has 0 aromatic carbocycles. The van der Waals surface area contributed by atoms with Crippen molar-refractivity contribution in [1.82, 2.24) is 34.4 Å². The SMILES string of the molecule is CC(=O)N1CCC(n2cc(-c3cnc(N)c4oc(-c5c6ccncc6nn5C)cc34)cn2)CC1. The number of carbonyl (C=O) groups is 1. The number of pyridine rings is 2. The Morgan fingerprint density at radius 3 is 2.79 bits per heavy atom. The van der Waals surface area contributed by atoms with Gasteiger partial charge in [0.25, 0.3) is 0 Å². The van der Waals surface area contributed by atoms with E-state index in [1.807, 2.05) is 41.2 Å². The van der Waals surface area contributed by atoms with Crippen LogP contribution < -0.4 is 5.73 Å². The van der Waals surface area contributed by atoms with Crippen LogP contribution in [0.4, 0.5) is 5.82 Å². The van der Waals surface area contributed by atoms with E-state index in [0.717, 1.165) is 59.0 Å². The third-order valence-corrected chi connectivity index (χ3v) is 6.65. The van der Waals surface area contributed by atoms with E-state index < -0.39 is 0 Å². The molecule has 34 heavy (non-hydrogen) atoms. The number of hydrogen-bond acceptors (Lipinski definition) is 7. The first-order valence-corrected chi connectivity index (χ1v) is 11.2. The molecule has 0 saturated carbocycles. The number of rotatable bonds is 3. The minimum Gasteiger partial charge on any atom is -0.451 e. The quantitative estimate of drug-likeness (QED) is 0.442. The van der Waals surface area contributed by atoms with Gasteiger partial charge in [-0.05, 0) is 25.0 Å². The number of nitrogens with zero attached hydrogens (tertiary/aromatic N) is 7. The van der Waals surface area contributed by atoms with Crippen molar-refractivity contribution in [1.29, 1.82) is 0 Å². The van der Waals surface area contributed by atoms with E-state index in [9.17, 15) is 4.79 Å². The van der Waals surface area contributed by atoms with Crippen molar-refractivity contribution in [2.24, 2.45) is 7.05 Å². The zero-order valence-corrected chi connectivity index (χ0v) is 19.0. The molecule has 1 aliphatic rings. The maximum absolute atomic E-state index is 11.6. The van der Waals surface area contributed by atoms with Crippen LogP contribution in [0.2, 0.25) is 0 Å². The zero-order valence-electron chi connectivity index (χ0n) is 19.0. The van der Waals surface area contributed by atoms with Crippen LogP contribution in [-0.4, -0.2) is 53.4 Å². The highest BCUT2D eigenvalue weighted by Crippen LogP contribution is 2.38. The fourth-order valence-corrected chi connectivity index (χ4v) is 4.86. The lowest BCUT2D eigenvalue weighted by atomic mass is 10.0. The van der Waals surface area contributed by atoms with Crippen LogP contribution in [0.1, 0.15) is 25.8 Å². The molecule has 0 radical (unpaired) electrons. The Labute approximate surface area is 195 Å². The van der Waals surface area contributed by atoms with Crippen LogP contribution in [0.25, 0.3) is 44.5 Å². The summed E-state index contributed by atoms with van der Waals surface area (Å²) in [6, 6.07) is 4.17. The van der Waals surface area contributed by atoms with E-state index in [4.69, 9.17) is 10.2 Å². The number of carbonyl (C=O) groups excluding carboxylic acids is 1. The predicted molar refractivity (Wildman–Crippen MR) is 128 cm³/mol. The number of likely N-dealkylation sites (tertiary alicyclic amines) is 1. The molecule has 2 N–H and O–H groups in total. The molecular weight excluding hydrogens is 432 g/mol. The van der Waals surface area contributed by atoms with Crippen molar-refractivity contribution in [2.45, 2.75) is 25.8 Å². The Morgan fingerprint density at radius 1 is 1.18 bits per heavy atom. The van der Waals surface area contributed by atoms with Gasteiger partial charge in [-0.3, -0.25) is 19.1 Å². The van der Waals surface area contributed by atoms with Crippen molar-refractivity contribution in [3.8, 4) is 22.6 Å². The van der Waals surface area contributed by atoms with Crippen molar-refractivity contribution < 1.29 is 9.21 Å². The summed E-state index contributed by atoms with van der Waals surface area (Å²) in [4.78, 5) is 22.1. The van der Waals surface area contributed by atoms with Crippen LogP contribution >= 0.6 is 0 Å². The van der Waals surface area contributed by atoms with Gasteiger partial charge in [-0.15, -0.1) is 0 Å². The average molecular weight is 457 g/mol. The van der Waals surface area contributed by atoms with Crippen LogP contribution in [0, 0.1) is 0 Å². The fraction of sp³-hybridized carbons (Fsp3) is 0.292. The van der Waals surface area contributed by atoms with E-state index in [1.165, 1.54) is 0 Å². The van der Waals surface area contributed by atoms with Crippen LogP contribution in [-0.2, 0) is 11.8 Å². The first kappa shape index (κ1) is 20.4. The number of aromatic nitrogens is 6. The lowest BCUT2D eigenvalue weighted by Gasteiger charge is -2.31. The summed E-state index contributed by atoms with van der Waals surface area (Å²) in [6.07, 6.45) is 10.9. The molecule has 172 valence electrons. The van der Waals surface area contributed by atoms with Gasteiger partial charge in [-0.25, -0.2) is 4.98 Å². The maximum atomic E-state index is 11.6. The van der Waals surface area contributed by atoms with Gasteiger partial charge >= 0.3 is 0 Å². The van der Waals surface area contributed by atoms with Crippen molar-refractivity contribution >= 4 is 33.6 Å². The Kier molecular flexibility index (Phi) is 4.61.